The van der Waals surface area contributed by atoms with Crippen molar-refractivity contribution in [1.29, 1.82) is 0 Å². The van der Waals surface area contributed by atoms with Crippen molar-refractivity contribution in [3.8, 4) is 17.2 Å². The number of ether oxygens (including phenoxy) is 4. The van der Waals surface area contributed by atoms with Crippen LogP contribution in [0.2, 0.25) is 0 Å². The number of rotatable bonds is 9. The lowest BCUT2D eigenvalue weighted by atomic mass is 10.2. The first-order valence-electron chi connectivity index (χ1n) is 9.11. The third-order valence-electron chi connectivity index (χ3n) is 3.93. The highest BCUT2D eigenvalue weighted by Crippen LogP contribution is 2.29. The summed E-state index contributed by atoms with van der Waals surface area (Å²) in [5.41, 5.74) is 1.24. The lowest BCUT2D eigenvalue weighted by Crippen LogP contribution is -2.29. The Morgan fingerprint density at radius 1 is 1.03 bits per heavy atom. The van der Waals surface area contributed by atoms with Gasteiger partial charge >= 0.3 is 5.97 Å². The van der Waals surface area contributed by atoms with E-state index in [2.05, 4.69) is 5.32 Å². The molecule has 154 valence electrons. The molecule has 0 saturated heterocycles. The molecule has 0 bridgehead atoms. The second kappa shape index (κ2) is 10.8. The Kier molecular flexibility index (Phi) is 8.09. The fraction of sp³-hybridized carbons (Fsp3) is 0.273. The number of para-hydroxylation sites is 1. The van der Waals surface area contributed by atoms with E-state index in [1.54, 1.807) is 24.3 Å². The highest BCUT2D eigenvalue weighted by molar-refractivity contribution is 5.97. The molecular weight excluding hydrogens is 374 g/mol. The monoisotopic (exact) mass is 399 g/mol. The summed E-state index contributed by atoms with van der Waals surface area (Å²) in [5, 5.41) is 2.68. The molecule has 2 aromatic carbocycles. The third kappa shape index (κ3) is 6.27. The van der Waals surface area contributed by atoms with Crippen LogP contribution in [0.3, 0.4) is 0 Å². The van der Waals surface area contributed by atoms with Crippen LogP contribution in [0.4, 0.5) is 5.69 Å². The van der Waals surface area contributed by atoms with Gasteiger partial charge in [0.1, 0.15) is 5.75 Å². The SMILES string of the molecule is CCOc1ccccc1/C=C/C(=O)O[C@H](C)C(=O)Nc1ccc(OC)c(OC)c1. The minimum atomic E-state index is -0.984. The summed E-state index contributed by atoms with van der Waals surface area (Å²) in [4.78, 5) is 24.4. The van der Waals surface area contributed by atoms with Gasteiger partial charge in [0, 0.05) is 23.4 Å². The first kappa shape index (κ1) is 21.8. The predicted molar refractivity (Wildman–Crippen MR) is 110 cm³/mol. The number of amides is 1. The summed E-state index contributed by atoms with van der Waals surface area (Å²) in [6.07, 6.45) is 1.87. The molecule has 1 N–H and O–H groups in total. The largest absolute Gasteiger partial charge is 0.493 e. The lowest BCUT2D eigenvalue weighted by molar-refractivity contribution is -0.148. The average molecular weight is 399 g/mol. The molecule has 7 heteroatoms. The summed E-state index contributed by atoms with van der Waals surface area (Å²) in [6.45, 7) is 3.89. The van der Waals surface area contributed by atoms with E-state index >= 15 is 0 Å². The van der Waals surface area contributed by atoms with Crippen molar-refractivity contribution in [2.45, 2.75) is 20.0 Å². The summed E-state index contributed by atoms with van der Waals surface area (Å²) < 4.78 is 21.0. The molecule has 0 fully saturated rings. The Morgan fingerprint density at radius 3 is 2.45 bits per heavy atom. The van der Waals surface area contributed by atoms with Crippen molar-refractivity contribution >= 4 is 23.6 Å². The van der Waals surface area contributed by atoms with Gasteiger partial charge in [0.05, 0.1) is 20.8 Å². The number of carbonyl (C=O) groups excluding carboxylic acids is 2. The molecule has 1 amide bonds. The van der Waals surface area contributed by atoms with Crippen molar-refractivity contribution in [1.82, 2.24) is 0 Å². The Bertz CT molecular complexity index is 877. The zero-order valence-electron chi connectivity index (χ0n) is 16.9. The van der Waals surface area contributed by atoms with E-state index in [9.17, 15) is 9.59 Å². The van der Waals surface area contributed by atoms with Crippen molar-refractivity contribution in [3.05, 3.63) is 54.1 Å². The second-order valence-electron chi connectivity index (χ2n) is 5.94. The fourth-order valence-electron chi connectivity index (χ4n) is 2.49. The van der Waals surface area contributed by atoms with Crippen LogP contribution in [0.15, 0.2) is 48.5 Å². The second-order valence-corrected chi connectivity index (χ2v) is 5.94. The zero-order valence-corrected chi connectivity index (χ0v) is 16.9. The van der Waals surface area contributed by atoms with Gasteiger partial charge < -0.3 is 24.3 Å². The predicted octanol–water partition coefficient (Wildman–Crippen LogP) is 3.69. The molecule has 0 aliphatic rings. The number of benzene rings is 2. The van der Waals surface area contributed by atoms with Crippen LogP contribution in [0.1, 0.15) is 19.4 Å². The summed E-state index contributed by atoms with van der Waals surface area (Å²) in [5.74, 6) is 0.589. The van der Waals surface area contributed by atoms with E-state index in [1.165, 1.54) is 27.2 Å². The Hall–Kier alpha value is -3.48. The highest BCUT2D eigenvalue weighted by atomic mass is 16.5. The molecule has 2 rings (SSSR count). The van der Waals surface area contributed by atoms with Crippen LogP contribution in [0.25, 0.3) is 6.08 Å². The van der Waals surface area contributed by atoms with E-state index < -0.39 is 18.0 Å². The van der Waals surface area contributed by atoms with E-state index in [-0.39, 0.29) is 0 Å². The summed E-state index contributed by atoms with van der Waals surface area (Å²) in [7, 11) is 3.03. The zero-order chi connectivity index (χ0) is 21.2. The van der Waals surface area contributed by atoms with Gasteiger partial charge in [0.15, 0.2) is 17.6 Å². The summed E-state index contributed by atoms with van der Waals surface area (Å²) >= 11 is 0. The molecule has 0 aliphatic carbocycles. The first-order valence-corrected chi connectivity index (χ1v) is 9.11. The van der Waals surface area contributed by atoms with E-state index in [0.29, 0.717) is 29.5 Å². The Labute approximate surface area is 170 Å². The van der Waals surface area contributed by atoms with Gasteiger partial charge in [-0.25, -0.2) is 4.79 Å². The number of methoxy groups -OCH3 is 2. The molecule has 29 heavy (non-hydrogen) atoms. The fourth-order valence-corrected chi connectivity index (χ4v) is 2.49. The van der Waals surface area contributed by atoms with Gasteiger partial charge in [0.2, 0.25) is 0 Å². The third-order valence-corrected chi connectivity index (χ3v) is 3.93. The van der Waals surface area contributed by atoms with Crippen LogP contribution < -0.4 is 19.5 Å². The lowest BCUT2D eigenvalue weighted by Gasteiger charge is -2.14. The quantitative estimate of drug-likeness (QED) is 0.512. The van der Waals surface area contributed by atoms with Crippen LogP contribution >= 0.6 is 0 Å². The number of hydrogen-bond donors (Lipinski definition) is 1. The normalized spacial score (nSPS) is 11.6. The number of esters is 1. The van der Waals surface area contributed by atoms with Gasteiger partial charge in [0.25, 0.3) is 5.91 Å². The average Bonchev–Trinajstić information content (AvgIpc) is 2.73. The smallest absolute Gasteiger partial charge is 0.331 e. The topological polar surface area (TPSA) is 83.1 Å². The van der Waals surface area contributed by atoms with Crippen LogP contribution in [-0.4, -0.2) is 38.8 Å². The summed E-state index contributed by atoms with van der Waals surface area (Å²) in [6, 6.07) is 12.3. The molecule has 2 aromatic rings. The highest BCUT2D eigenvalue weighted by Gasteiger charge is 2.17. The van der Waals surface area contributed by atoms with Crippen molar-refractivity contribution in [2.75, 3.05) is 26.1 Å². The number of anilines is 1. The van der Waals surface area contributed by atoms with E-state index in [0.717, 1.165) is 5.56 Å². The Morgan fingerprint density at radius 2 is 1.76 bits per heavy atom. The van der Waals surface area contributed by atoms with E-state index in [4.69, 9.17) is 18.9 Å². The minimum Gasteiger partial charge on any atom is -0.493 e. The maximum Gasteiger partial charge on any atom is 0.331 e. The molecule has 0 spiro atoms. The van der Waals surface area contributed by atoms with Crippen LogP contribution in [0.5, 0.6) is 17.2 Å². The number of hydrogen-bond acceptors (Lipinski definition) is 6. The van der Waals surface area contributed by atoms with Gasteiger partial charge in [-0.15, -0.1) is 0 Å². The van der Waals surface area contributed by atoms with Crippen LogP contribution in [-0.2, 0) is 14.3 Å². The molecule has 7 nitrogen and oxygen atoms in total. The molecule has 1 atom stereocenters. The van der Waals surface area contributed by atoms with Gasteiger partial charge in [-0.3, -0.25) is 4.79 Å². The van der Waals surface area contributed by atoms with Crippen molar-refractivity contribution < 1.29 is 28.5 Å². The molecule has 0 aromatic heterocycles. The Balaban J connectivity index is 1.96. The van der Waals surface area contributed by atoms with Gasteiger partial charge in [-0.05, 0) is 38.1 Å². The first-order chi connectivity index (χ1) is 14.0. The van der Waals surface area contributed by atoms with Crippen molar-refractivity contribution in [2.24, 2.45) is 0 Å². The maximum atomic E-state index is 12.3. The maximum absolute atomic E-state index is 12.3. The number of carbonyl (C=O) groups is 2. The molecule has 0 unspecified atom stereocenters. The van der Waals surface area contributed by atoms with Gasteiger partial charge in [-0.2, -0.15) is 0 Å². The van der Waals surface area contributed by atoms with Gasteiger partial charge in [-0.1, -0.05) is 18.2 Å². The molecule has 0 radical (unpaired) electrons. The standard InChI is InChI=1S/C22H25NO6/c1-5-28-18-9-7-6-8-16(18)10-13-21(24)29-15(2)22(25)23-17-11-12-19(26-3)20(14-17)27-4/h6-15H,5H2,1-4H3,(H,23,25)/b13-10+/t15-/m1/s1. The number of nitrogens with one attached hydrogen (secondary N) is 1. The van der Waals surface area contributed by atoms with E-state index in [1.807, 2.05) is 31.2 Å². The van der Waals surface area contributed by atoms with Crippen molar-refractivity contribution in [3.63, 3.8) is 0 Å². The molecular formula is C22H25NO6. The molecule has 0 saturated carbocycles. The van der Waals surface area contributed by atoms with Crippen LogP contribution in [0, 0.1) is 0 Å². The molecule has 0 aliphatic heterocycles. The minimum absolute atomic E-state index is 0.464. The molecule has 0 heterocycles.